The number of cyclic esters (lactones) is 1. The van der Waals surface area contributed by atoms with Crippen LogP contribution in [0, 0.1) is 0 Å². The summed E-state index contributed by atoms with van der Waals surface area (Å²) in [6, 6.07) is 13.4. The van der Waals surface area contributed by atoms with Gasteiger partial charge in [-0.05, 0) is 40.6 Å². The van der Waals surface area contributed by atoms with Crippen molar-refractivity contribution in [1.82, 2.24) is 9.55 Å². The number of rotatable bonds is 1. The monoisotopic (exact) mass is 430 g/mol. The number of hydrogen-bond donors (Lipinski definition) is 2. The maximum atomic E-state index is 13.0. The van der Waals surface area contributed by atoms with Crippen LogP contribution in [0.5, 0.6) is 0 Å². The van der Waals surface area contributed by atoms with Crippen LogP contribution in [0.25, 0.3) is 33.1 Å². The van der Waals surface area contributed by atoms with Crippen LogP contribution in [0.1, 0.15) is 42.2 Å². The van der Waals surface area contributed by atoms with Gasteiger partial charge >= 0.3 is 5.97 Å². The number of fused-ring (bicyclic) bond motifs is 7. The topological polar surface area (TPSA) is 102 Å². The molecular formula is C25H22N2O5. The van der Waals surface area contributed by atoms with E-state index in [1.165, 1.54) is 0 Å². The zero-order valence-electron chi connectivity index (χ0n) is 17.8. The van der Waals surface area contributed by atoms with Crippen molar-refractivity contribution in [2.24, 2.45) is 0 Å². The summed E-state index contributed by atoms with van der Waals surface area (Å²) in [5.74, 6) is -0.748. The van der Waals surface area contributed by atoms with Crippen molar-refractivity contribution < 1.29 is 19.7 Å². The molecule has 6 rings (SSSR count). The fourth-order valence-corrected chi connectivity index (χ4v) is 4.47. The van der Waals surface area contributed by atoms with Crippen LogP contribution in [0.3, 0.4) is 0 Å². The molecule has 0 spiro atoms. The number of carbonyl (C=O) groups excluding carboxylic acids is 1. The Hall–Kier alpha value is -3.55. The molecule has 1 unspecified atom stereocenters. The van der Waals surface area contributed by atoms with Crippen molar-refractivity contribution >= 4 is 27.6 Å². The molecule has 0 radical (unpaired) electrons. The number of esters is 1. The van der Waals surface area contributed by atoms with Crippen molar-refractivity contribution in [2.75, 3.05) is 0 Å². The molecule has 4 aromatic rings. The molecular weight excluding hydrogens is 408 g/mol. The summed E-state index contributed by atoms with van der Waals surface area (Å²) in [6.45, 7) is 4.19. The third kappa shape index (κ3) is 2.86. The van der Waals surface area contributed by atoms with Crippen LogP contribution in [-0.4, -0.2) is 25.7 Å². The van der Waals surface area contributed by atoms with Gasteiger partial charge in [-0.15, -0.1) is 0 Å². The van der Waals surface area contributed by atoms with Crippen molar-refractivity contribution in [3.8, 4) is 11.4 Å². The van der Waals surface area contributed by atoms with Gasteiger partial charge in [-0.1, -0.05) is 32.0 Å². The van der Waals surface area contributed by atoms with Gasteiger partial charge in [-0.2, -0.15) is 0 Å². The van der Waals surface area contributed by atoms with Crippen LogP contribution < -0.4 is 5.56 Å². The smallest absolute Gasteiger partial charge is 0.340 e. The van der Waals surface area contributed by atoms with E-state index in [4.69, 9.17) is 9.72 Å². The fourth-order valence-electron chi connectivity index (χ4n) is 4.47. The standard InChI is InChI=1S/C23H16N2O5.C2H6/c26-9-11-1-2-12-3-4-18-15(14(12)5-11)6-13-8-25-19(20(13)24-18)7-16-17(22(25)28)10-30-23(29)21(16)27;1-2/h1-7,21,26-27H,8-10H2;1-2H3. The van der Waals surface area contributed by atoms with E-state index in [2.05, 4.69) is 0 Å². The van der Waals surface area contributed by atoms with Gasteiger partial charge in [0.15, 0.2) is 6.10 Å². The van der Waals surface area contributed by atoms with Gasteiger partial charge in [0.25, 0.3) is 5.56 Å². The number of aromatic nitrogens is 2. The third-order valence-corrected chi connectivity index (χ3v) is 6.02. The van der Waals surface area contributed by atoms with Crippen LogP contribution in [0.4, 0.5) is 0 Å². The molecule has 2 N–H and O–H groups in total. The molecule has 0 fully saturated rings. The minimum atomic E-state index is -1.46. The second-order valence-electron chi connectivity index (χ2n) is 7.71. The lowest BCUT2D eigenvalue weighted by atomic mass is 9.99. The molecule has 2 aliphatic heterocycles. The van der Waals surface area contributed by atoms with Crippen molar-refractivity contribution in [3.05, 3.63) is 75.1 Å². The highest BCUT2D eigenvalue weighted by molar-refractivity contribution is 6.07. The Morgan fingerprint density at radius 3 is 2.66 bits per heavy atom. The molecule has 7 heteroatoms. The first-order chi connectivity index (χ1) is 15.5. The largest absolute Gasteiger partial charge is 0.458 e. The van der Waals surface area contributed by atoms with E-state index in [0.717, 1.165) is 32.8 Å². The van der Waals surface area contributed by atoms with E-state index in [1.54, 1.807) is 10.6 Å². The van der Waals surface area contributed by atoms with Crippen molar-refractivity contribution in [3.63, 3.8) is 0 Å². The molecule has 0 bridgehead atoms. The Bertz CT molecular complexity index is 1470. The maximum Gasteiger partial charge on any atom is 0.340 e. The quantitative estimate of drug-likeness (QED) is 0.313. The summed E-state index contributed by atoms with van der Waals surface area (Å²) >= 11 is 0. The Labute approximate surface area is 183 Å². The zero-order chi connectivity index (χ0) is 22.6. The van der Waals surface area contributed by atoms with Gasteiger partial charge in [0, 0.05) is 16.5 Å². The molecule has 1 atom stereocenters. The van der Waals surface area contributed by atoms with Crippen LogP contribution >= 0.6 is 0 Å². The predicted octanol–water partition coefficient (Wildman–Crippen LogP) is 3.19. The van der Waals surface area contributed by atoms with Gasteiger partial charge < -0.3 is 19.5 Å². The van der Waals surface area contributed by atoms with Crippen LogP contribution in [0.2, 0.25) is 0 Å². The highest BCUT2D eigenvalue weighted by Crippen LogP contribution is 2.36. The Balaban J connectivity index is 0.00000105. The number of pyridine rings is 2. The first-order valence-electron chi connectivity index (χ1n) is 10.6. The molecule has 0 aliphatic carbocycles. The number of benzene rings is 2. The number of carbonyl (C=O) groups is 1. The predicted molar refractivity (Wildman–Crippen MR) is 120 cm³/mol. The first-order valence-corrected chi connectivity index (χ1v) is 10.6. The first kappa shape index (κ1) is 20.4. The summed E-state index contributed by atoms with van der Waals surface area (Å²) in [7, 11) is 0. The Morgan fingerprint density at radius 2 is 1.88 bits per heavy atom. The lowest BCUT2D eigenvalue weighted by molar-refractivity contribution is -0.157. The summed E-state index contributed by atoms with van der Waals surface area (Å²) in [5, 5.41) is 22.7. The van der Waals surface area contributed by atoms with Gasteiger partial charge in [-0.3, -0.25) is 4.79 Å². The normalized spacial score (nSPS) is 16.1. The number of nitrogens with zero attached hydrogens (tertiary/aromatic N) is 2. The van der Waals surface area contributed by atoms with E-state index in [-0.39, 0.29) is 18.8 Å². The Morgan fingerprint density at radius 1 is 1.09 bits per heavy atom. The average Bonchev–Trinajstić information content (AvgIpc) is 3.19. The van der Waals surface area contributed by atoms with Gasteiger partial charge in [-0.25, -0.2) is 9.78 Å². The molecule has 7 nitrogen and oxygen atoms in total. The highest BCUT2D eigenvalue weighted by atomic mass is 16.5. The fraction of sp³-hybridized carbons (Fsp3) is 0.240. The van der Waals surface area contributed by atoms with Crippen LogP contribution in [-0.2, 0) is 29.3 Å². The van der Waals surface area contributed by atoms with Gasteiger partial charge in [0.1, 0.15) is 6.61 Å². The minimum absolute atomic E-state index is 0.0415. The lowest BCUT2D eigenvalue weighted by Crippen LogP contribution is -2.32. The number of hydrogen-bond acceptors (Lipinski definition) is 6. The molecule has 32 heavy (non-hydrogen) atoms. The molecule has 0 amide bonds. The summed E-state index contributed by atoms with van der Waals surface area (Å²) in [4.78, 5) is 29.6. The maximum absolute atomic E-state index is 13.0. The molecule has 0 saturated carbocycles. The second kappa shape index (κ2) is 7.55. The van der Waals surface area contributed by atoms with E-state index < -0.39 is 12.1 Å². The summed E-state index contributed by atoms with van der Waals surface area (Å²) < 4.78 is 6.54. The third-order valence-electron chi connectivity index (χ3n) is 6.02. The van der Waals surface area contributed by atoms with Crippen LogP contribution in [0.15, 0.2) is 47.3 Å². The van der Waals surface area contributed by atoms with Gasteiger partial charge in [0.05, 0.1) is 35.6 Å². The van der Waals surface area contributed by atoms with Crippen molar-refractivity contribution in [1.29, 1.82) is 0 Å². The van der Waals surface area contributed by atoms with Gasteiger partial charge in [0.2, 0.25) is 0 Å². The van der Waals surface area contributed by atoms with E-state index in [9.17, 15) is 19.8 Å². The zero-order valence-corrected chi connectivity index (χ0v) is 17.8. The SMILES string of the molecule is CC.O=C1OCc2c(cc3n(c2=O)Cc2cc4c(ccc5ccc(CO)cc54)nc2-3)C1O. The molecule has 0 saturated heterocycles. The summed E-state index contributed by atoms with van der Waals surface area (Å²) in [6.07, 6.45) is -1.46. The van der Waals surface area contributed by atoms with Crippen molar-refractivity contribution in [2.45, 2.75) is 39.7 Å². The lowest BCUT2D eigenvalue weighted by Gasteiger charge is -2.21. The molecule has 2 aromatic heterocycles. The Kier molecular flexibility index (Phi) is 4.80. The van der Waals surface area contributed by atoms with E-state index in [0.29, 0.717) is 29.1 Å². The number of aliphatic hydroxyl groups is 2. The highest BCUT2D eigenvalue weighted by Gasteiger charge is 2.33. The molecule has 4 heterocycles. The van der Waals surface area contributed by atoms with E-state index >= 15 is 0 Å². The number of aliphatic hydroxyl groups excluding tert-OH is 2. The molecule has 2 aromatic carbocycles. The average molecular weight is 430 g/mol. The second-order valence-corrected chi connectivity index (χ2v) is 7.71. The van der Waals surface area contributed by atoms with E-state index in [1.807, 2.05) is 50.2 Å². The minimum Gasteiger partial charge on any atom is -0.458 e. The molecule has 162 valence electrons. The summed E-state index contributed by atoms with van der Waals surface area (Å²) in [5.41, 5.74) is 4.08. The molecule has 2 aliphatic rings. The number of ether oxygens (including phenoxy) is 1.